The van der Waals surface area contributed by atoms with Gasteiger partial charge in [0.15, 0.2) is 0 Å². The molecule has 2 N–H and O–H groups in total. The van der Waals surface area contributed by atoms with E-state index in [0.717, 1.165) is 17.5 Å². The molecule has 0 bridgehead atoms. The minimum atomic E-state index is 0.0447. The summed E-state index contributed by atoms with van der Waals surface area (Å²) in [6.07, 6.45) is 1.27. The Balaban J connectivity index is 1.78. The highest BCUT2D eigenvalue weighted by Crippen LogP contribution is 2.09. The SMILES string of the molecule is Cc1ccccc1CCC(=O)NCc1ccc(CO)cc1. The number of carbonyl (C=O) groups excluding carboxylic acids is 1. The van der Waals surface area contributed by atoms with E-state index in [2.05, 4.69) is 24.4 Å². The van der Waals surface area contributed by atoms with Crippen molar-refractivity contribution in [3.63, 3.8) is 0 Å². The summed E-state index contributed by atoms with van der Waals surface area (Å²) in [5.74, 6) is 0.0597. The molecule has 2 rings (SSSR count). The van der Waals surface area contributed by atoms with Crippen LogP contribution in [-0.4, -0.2) is 11.0 Å². The first-order valence-corrected chi connectivity index (χ1v) is 7.19. The van der Waals surface area contributed by atoms with Gasteiger partial charge in [-0.05, 0) is 35.6 Å². The van der Waals surface area contributed by atoms with Gasteiger partial charge >= 0.3 is 0 Å². The Kier molecular flexibility index (Phi) is 5.52. The van der Waals surface area contributed by atoms with Crippen LogP contribution in [0.4, 0.5) is 0 Å². The first kappa shape index (κ1) is 15.3. The molecule has 2 aromatic carbocycles. The lowest BCUT2D eigenvalue weighted by atomic mass is 10.0. The predicted octanol–water partition coefficient (Wildman–Crippen LogP) is 2.74. The summed E-state index contributed by atoms with van der Waals surface area (Å²) >= 11 is 0. The molecule has 3 heteroatoms. The fourth-order valence-electron chi connectivity index (χ4n) is 2.19. The first-order valence-electron chi connectivity index (χ1n) is 7.19. The van der Waals surface area contributed by atoms with Crippen molar-refractivity contribution in [3.8, 4) is 0 Å². The Morgan fingerprint density at radius 3 is 2.38 bits per heavy atom. The maximum atomic E-state index is 11.9. The fraction of sp³-hybridized carbons (Fsp3) is 0.278. The van der Waals surface area contributed by atoms with Crippen molar-refractivity contribution < 1.29 is 9.90 Å². The molecule has 0 unspecified atom stereocenters. The molecule has 0 aliphatic rings. The standard InChI is InChI=1S/C18H21NO2/c1-14-4-2-3-5-17(14)10-11-18(21)19-12-15-6-8-16(13-20)9-7-15/h2-9,20H,10-13H2,1H3,(H,19,21). The molecule has 0 atom stereocenters. The van der Waals surface area contributed by atoms with Crippen molar-refractivity contribution in [1.29, 1.82) is 0 Å². The van der Waals surface area contributed by atoms with Crippen LogP contribution < -0.4 is 5.32 Å². The third kappa shape index (κ3) is 4.72. The molecule has 0 heterocycles. The van der Waals surface area contributed by atoms with Gasteiger partial charge in [0.2, 0.25) is 5.91 Å². The smallest absolute Gasteiger partial charge is 0.220 e. The van der Waals surface area contributed by atoms with Crippen LogP contribution in [0.5, 0.6) is 0 Å². The fourth-order valence-corrected chi connectivity index (χ4v) is 2.19. The second-order valence-corrected chi connectivity index (χ2v) is 5.18. The Labute approximate surface area is 125 Å². The minimum Gasteiger partial charge on any atom is -0.392 e. The molecule has 0 aliphatic carbocycles. The molecular formula is C18H21NO2. The molecule has 0 spiro atoms. The Morgan fingerprint density at radius 2 is 1.71 bits per heavy atom. The molecule has 0 saturated carbocycles. The maximum Gasteiger partial charge on any atom is 0.220 e. The summed E-state index contributed by atoms with van der Waals surface area (Å²) < 4.78 is 0. The van der Waals surface area contributed by atoms with Crippen molar-refractivity contribution in [2.45, 2.75) is 32.9 Å². The first-order chi connectivity index (χ1) is 10.2. The van der Waals surface area contributed by atoms with Crippen LogP contribution in [0.15, 0.2) is 48.5 Å². The average molecular weight is 283 g/mol. The lowest BCUT2D eigenvalue weighted by Gasteiger charge is -2.07. The number of aliphatic hydroxyl groups is 1. The highest BCUT2D eigenvalue weighted by atomic mass is 16.3. The van der Waals surface area contributed by atoms with Crippen molar-refractivity contribution in [2.75, 3.05) is 0 Å². The quantitative estimate of drug-likeness (QED) is 0.856. The molecular weight excluding hydrogens is 262 g/mol. The Hall–Kier alpha value is -2.13. The van der Waals surface area contributed by atoms with Gasteiger partial charge in [0.25, 0.3) is 0 Å². The van der Waals surface area contributed by atoms with Gasteiger partial charge in [-0.3, -0.25) is 4.79 Å². The third-order valence-corrected chi connectivity index (χ3v) is 3.58. The second-order valence-electron chi connectivity index (χ2n) is 5.18. The van der Waals surface area contributed by atoms with Crippen molar-refractivity contribution in [3.05, 3.63) is 70.8 Å². The molecule has 0 aromatic heterocycles. The average Bonchev–Trinajstić information content (AvgIpc) is 2.52. The van der Waals surface area contributed by atoms with Crippen molar-refractivity contribution in [2.24, 2.45) is 0 Å². The van der Waals surface area contributed by atoms with E-state index in [0.29, 0.717) is 13.0 Å². The van der Waals surface area contributed by atoms with Crippen LogP contribution in [0.3, 0.4) is 0 Å². The van der Waals surface area contributed by atoms with E-state index in [1.54, 1.807) is 0 Å². The number of aryl methyl sites for hydroxylation is 2. The normalized spacial score (nSPS) is 10.4. The summed E-state index contributed by atoms with van der Waals surface area (Å²) in [6, 6.07) is 15.7. The van der Waals surface area contributed by atoms with Crippen molar-refractivity contribution in [1.82, 2.24) is 5.32 Å². The number of aliphatic hydroxyl groups excluding tert-OH is 1. The highest BCUT2D eigenvalue weighted by molar-refractivity contribution is 5.76. The van der Waals surface area contributed by atoms with Crippen LogP contribution in [0.25, 0.3) is 0 Å². The van der Waals surface area contributed by atoms with Crippen molar-refractivity contribution >= 4 is 5.91 Å². The van der Waals surface area contributed by atoms with Gasteiger partial charge in [-0.1, -0.05) is 48.5 Å². The van der Waals surface area contributed by atoms with Gasteiger partial charge in [0.1, 0.15) is 0 Å². The largest absolute Gasteiger partial charge is 0.392 e. The topological polar surface area (TPSA) is 49.3 Å². The van der Waals surface area contributed by atoms with Gasteiger partial charge in [-0.2, -0.15) is 0 Å². The number of hydrogen-bond donors (Lipinski definition) is 2. The molecule has 0 saturated heterocycles. The number of nitrogens with one attached hydrogen (secondary N) is 1. The molecule has 0 fully saturated rings. The zero-order valence-corrected chi connectivity index (χ0v) is 12.3. The van der Waals surface area contributed by atoms with Crippen LogP contribution in [-0.2, 0) is 24.4 Å². The van der Waals surface area contributed by atoms with E-state index in [1.807, 2.05) is 36.4 Å². The monoisotopic (exact) mass is 283 g/mol. The van der Waals surface area contributed by atoms with E-state index in [9.17, 15) is 4.79 Å². The maximum absolute atomic E-state index is 11.9. The second kappa shape index (κ2) is 7.60. The van der Waals surface area contributed by atoms with Crippen LogP contribution in [0.2, 0.25) is 0 Å². The highest BCUT2D eigenvalue weighted by Gasteiger charge is 2.04. The number of rotatable bonds is 6. The molecule has 0 radical (unpaired) electrons. The van der Waals surface area contributed by atoms with E-state index in [4.69, 9.17) is 5.11 Å². The summed E-state index contributed by atoms with van der Waals surface area (Å²) in [5.41, 5.74) is 4.37. The number of benzene rings is 2. The number of amides is 1. The van der Waals surface area contributed by atoms with Gasteiger partial charge in [-0.25, -0.2) is 0 Å². The number of carbonyl (C=O) groups is 1. The van der Waals surface area contributed by atoms with E-state index >= 15 is 0 Å². The van der Waals surface area contributed by atoms with Crippen LogP contribution in [0.1, 0.15) is 28.7 Å². The summed E-state index contributed by atoms with van der Waals surface area (Å²) in [7, 11) is 0. The number of hydrogen-bond acceptors (Lipinski definition) is 2. The zero-order chi connectivity index (χ0) is 15.1. The summed E-state index contributed by atoms with van der Waals surface area (Å²) in [4.78, 5) is 11.9. The van der Waals surface area contributed by atoms with Gasteiger partial charge < -0.3 is 10.4 Å². The van der Waals surface area contributed by atoms with Gasteiger partial charge in [0, 0.05) is 13.0 Å². The summed E-state index contributed by atoms with van der Waals surface area (Å²) in [6.45, 7) is 2.64. The Bertz CT molecular complexity index is 590. The van der Waals surface area contributed by atoms with E-state index < -0.39 is 0 Å². The minimum absolute atomic E-state index is 0.0447. The molecule has 2 aromatic rings. The Morgan fingerprint density at radius 1 is 1.05 bits per heavy atom. The van der Waals surface area contributed by atoms with E-state index in [1.165, 1.54) is 11.1 Å². The molecule has 21 heavy (non-hydrogen) atoms. The molecule has 1 amide bonds. The molecule has 0 aliphatic heterocycles. The summed E-state index contributed by atoms with van der Waals surface area (Å²) in [5, 5.41) is 11.9. The lowest BCUT2D eigenvalue weighted by molar-refractivity contribution is -0.121. The van der Waals surface area contributed by atoms with E-state index in [-0.39, 0.29) is 12.5 Å². The van der Waals surface area contributed by atoms with Crippen LogP contribution in [0, 0.1) is 6.92 Å². The van der Waals surface area contributed by atoms with Gasteiger partial charge in [-0.15, -0.1) is 0 Å². The van der Waals surface area contributed by atoms with Crippen LogP contribution >= 0.6 is 0 Å². The van der Waals surface area contributed by atoms with Gasteiger partial charge in [0.05, 0.1) is 6.61 Å². The third-order valence-electron chi connectivity index (χ3n) is 3.58. The molecule has 110 valence electrons. The zero-order valence-electron chi connectivity index (χ0n) is 12.3. The molecule has 3 nitrogen and oxygen atoms in total. The predicted molar refractivity (Wildman–Crippen MR) is 83.7 cm³/mol. The lowest BCUT2D eigenvalue weighted by Crippen LogP contribution is -2.23.